The van der Waals surface area contributed by atoms with Gasteiger partial charge in [-0.2, -0.15) is 0 Å². The Bertz CT molecular complexity index is 613. The zero-order valence-corrected chi connectivity index (χ0v) is 13.3. The normalized spacial score (nSPS) is 19.8. The first-order valence-corrected chi connectivity index (χ1v) is 7.79. The van der Waals surface area contributed by atoms with Gasteiger partial charge in [-0.15, -0.1) is 0 Å². The monoisotopic (exact) mass is 301 g/mol. The van der Waals surface area contributed by atoms with Crippen LogP contribution in [0.2, 0.25) is 0 Å². The van der Waals surface area contributed by atoms with Crippen LogP contribution in [0.5, 0.6) is 11.5 Å². The topological polar surface area (TPSA) is 62.6 Å². The summed E-state index contributed by atoms with van der Waals surface area (Å²) in [5.74, 6) is -0.108. The van der Waals surface area contributed by atoms with Crippen molar-refractivity contribution < 1.29 is 14.9 Å². The quantitative estimate of drug-likeness (QED) is 0.812. The predicted octanol–water partition coefficient (Wildman–Crippen LogP) is 4.28. The largest absolute Gasteiger partial charge is 0.504 e. The first-order valence-electron chi connectivity index (χ1n) is 7.79. The van der Waals surface area contributed by atoms with Crippen LogP contribution in [-0.2, 0) is 11.2 Å². The van der Waals surface area contributed by atoms with E-state index in [9.17, 15) is 10.2 Å². The third kappa shape index (κ3) is 3.07. The maximum atomic E-state index is 10.1. The molecule has 0 fully saturated rings. The van der Waals surface area contributed by atoms with Gasteiger partial charge in [0.05, 0.1) is 12.2 Å². The average molecular weight is 301 g/mol. The fourth-order valence-corrected chi connectivity index (χ4v) is 2.74. The molecule has 2 heterocycles. The van der Waals surface area contributed by atoms with E-state index in [1.165, 1.54) is 6.07 Å². The van der Waals surface area contributed by atoms with Gasteiger partial charge in [-0.1, -0.05) is 32.9 Å². The Morgan fingerprint density at radius 3 is 2.64 bits per heavy atom. The van der Waals surface area contributed by atoms with Gasteiger partial charge in [-0.3, -0.25) is 4.98 Å². The van der Waals surface area contributed by atoms with E-state index < -0.39 is 0 Å². The van der Waals surface area contributed by atoms with Crippen molar-refractivity contribution in [2.24, 2.45) is 0 Å². The van der Waals surface area contributed by atoms with Crippen molar-refractivity contribution >= 4 is 0 Å². The average Bonchev–Trinajstić information content (AvgIpc) is 2.60. The Morgan fingerprint density at radius 1 is 1.23 bits per heavy atom. The number of hydrogen-bond donors (Lipinski definition) is 2. The minimum absolute atomic E-state index is 0.0295. The van der Waals surface area contributed by atoms with Crippen LogP contribution in [0.1, 0.15) is 56.1 Å². The number of phenolic OH excluding ortho intramolecular Hbond substituents is 2. The van der Waals surface area contributed by atoms with Crippen LogP contribution < -0.4 is 0 Å². The van der Waals surface area contributed by atoms with E-state index >= 15 is 0 Å². The van der Waals surface area contributed by atoms with E-state index in [4.69, 9.17) is 4.74 Å². The first kappa shape index (κ1) is 16.3. The molecule has 1 aliphatic rings. The van der Waals surface area contributed by atoms with Gasteiger partial charge in [0.1, 0.15) is 0 Å². The number of nitrogens with zero attached hydrogens (tertiary/aromatic N) is 1. The zero-order valence-electron chi connectivity index (χ0n) is 13.3. The lowest BCUT2D eigenvalue weighted by atomic mass is 9.90. The van der Waals surface area contributed by atoms with Gasteiger partial charge in [0.15, 0.2) is 11.5 Å². The number of aromatic hydroxyl groups is 2. The molecular formula is C18H23NO3. The maximum absolute atomic E-state index is 10.1. The number of aromatic nitrogens is 1. The lowest BCUT2D eigenvalue weighted by Crippen LogP contribution is -2.20. The van der Waals surface area contributed by atoms with Crippen LogP contribution in [0.4, 0.5) is 0 Å². The van der Waals surface area contributed by atoms with E-state index in [-0.39, 0.29) is 23.7 Å². The van der Waals surface area contributed by atoms with Crippen molar-refractivity contribution in [3.05, 3.63) is 53.3 Å². The Morgan fingerprint density at radius 2 is 2.00 bits per heavy atom. The SMILES string of the molecule is CC.CCC1OC(c2cccnc2)Cc2c1ccc(O)c2O. The van der Waals surface area contributed by atoms with Crippen LogP contribution in [0, 0.1) is 0 Å². The number of hydrogen-bond acceptors (Lipinski definition) is 4. The Kier molecular flexibility index (Phi) is 5.39. The highest BCUT2D eigenvalue weighted by Gasteiger charge is 2.30. The summed E-state index contributed by atoms with van der Waals surface area (Å²) < 4.78 is 6.11. The van der Waals surface area contributed by atoms with Gasteiger partial charge in [-0.05, 0) is 29.7 Å². The van der Waals surface area contributed by atoms with E-state index in [1.807, 2.05) is 39.0 Å². The molecule has 0 radical (unpaired) electrons. The summed E-state index contributed by atoms with van der Waals surface area (Å²) in [7, 11) is 0. The van der Waals surface area contributed by atoms with Gasteiger partial charge in [-0.25, -0.2) is 0 Å². The first-order chi connectivity index (χ1) is 10.7. The van der Waals surface area contributed by atoms with Gasteiger partial charge in [0, 0.05) is 24.4 Å². The molecule has 118 valence electrons. The molecule has 2 unspecified atom stereocenters. The van der Waals surface area contributed by atoms with Crippen molar-refractivity contribution in [1.29, 1.82) is 0 Å². The molecule has 0 spiro atoms. The van der Waals surface area contributed by atoms with Crippen molar-refractivity contribution in [3.8, 4) is 11.5 Å². The molecular weight excluding hydrogens is 278 g/mol. The predicted molar refractivity (Wildman–Crippen MR) is 85.9 cm³/mol. The molecule has 0 saturated carbocycles. The number of benzene rings is 1. The summed E-state index contributed by atoms with van der Waals surface area (Å²) >= 11 is 0. The molecule has 0 bridgehead atoms. The highest BCUT2D eigenvalue weighted by atomic mass is 16.5. The second-order valence-corrected chi connectivity index (χ2v) is 5.01. The molecule has 0 amide bonds. The number of phenols is 2. The summed E-state index contributed by atoms with van der Waals surface area (Å²) in [6.07, 6.45) is 4.64. The van der Waals surface area contributed by atoms with Crippen LogP contribution in [0.15, 0.2) is 36.7 Å². The molecule has 1 aromatic carbocycles. The van der Waals surface area contributed by atoms with Crippen molar-refractivity contribution in [2.75, 3.05) is 0 Å². The number of pyridine rings is 1. The molecule has 3 rings (SSSR count). The van der Waals surface area contributed by atoms with Gasteiger partial charge in [0.25, 0.3) is 0 Å². The fraction of sp³-hybridized carbons (Fsp3) is 0.389. The van der Waals surface area contributed by atoms with E-state index in [0.717, 1.165) is 23.1 Å². The molecule has 4 heteroatoms. The molecule has 2 atom stereocenters. The molecule has 4 nitrogen and oxygen atoms in total. The molecule has 22 heavy (non-hydrogen) atoms. The smallest absolute Gasteiger partial charge is 0.161 e. The van der Waals surface area contributed by atoms with E-state index in [1.54, 1.807) is 12.4 Å². The summed E-state index contributed by atoms with van der Waals surface area (Å²) in [5, 5.41) is 19.8. The second kappa shape index (κ2) is 7.27. The summed E-state index contributed by atoms with van der Waals surface area (Å²) in [6.45, 7) is 6.05. The molecule has 0 aliphatic carbocycles. The lowest BCUT2D eigenvalue weighted by Gasteiger charge is -2.32. The maximum Gasteiger partial charge on any atom is 0.161 e. The van der Waals surface area contributed by atoms with Crippen LogP contribution in [0.25, 0.3) is 0 Å². The number of rotatable bonds is 2. The van der Waals surface area contributed by atoms with Gasteiger partial charge in [0.2, 0.25) is 0 Å². The van der Waals surface area contributed by atoms with Crippen molar-refractivity contribution in [1.82, 2.24) is 4.98 Å². The standard InChI is InChI=1S/C16H17NO3.C2H6/c1-2-14-11-5-6-13(18)16(19)12(11)8-15(20-14)10-4-3-7-17-9-10;1-2/h3-7,9,14-15,18-19H,2,8H2,1H3;1-2H3. The van der Waals surface area contributed by atoms with Crippen LogP contribution in [-0.4, -0.2) is 15.2 Å². The summed E-state index contributed by atoms with van der Waals surface area (Å²) in [4.78, 5) is 4.11. The Balaban J connectivity index is 0.000000847. The second-order valence-electron chi connectivity index (χ2n) is 5.01. The highest BCUT2D eigenvalue weighted by Crippen LogP contribution is 2.44. The molecule has 2 aromatic rings. The van der Waals surface area contributed by atoms with E-state index in [2.05, 4.69) is 4.98 Å². The number of ether oxygens (including phenoxy) is 1. The highest BCUT2D eigenvalue weighted by molar-refractivity contribution is 5.51. The zero-order chi connectivity index (χ0) is 16.1. The van der Waals surface area contributed by atoms with E-state index in [0.29, 0.717) is 6.42 Å². The van der Waals surface area contributed by atoms with Crippen LogP contribution >= 0.6 is 0 Å². The molecule has 2 N–H and O–H groups in total. The summed E-state index contributed by atoms with van der Waals surface area (Å²) in [5.41, 5.74) is 2.72. The Labute approximate surface area is 131 Å². The lowest BCUT2D eigenvalue weighted by molar-refractivity contribution is -0.0300. The molecule has 1 aliphatic heterocycles. The summed E-state index contributed by atoms with van der Waals surface area (Å²) in [6, 6.07) is 7.19. The minimum Gasteiger partial charge on any atom is -0.504 e. The van der Waals surface area contributed by atoms with Gasteiger partial charge < -0.3 is 14.9 Å². The number of fused-ring (bicyclic) bond motifs is 1. The molecule has 0 saturated heterocycles. The van der Waals surface area contributed by atoms with Crippen molar-refractivity contribution in [2.45, 2.75) is 45.8 Å². The van der Waals surface area contributed by atoms with Gasteiger partial charge >= 0.3 is 0 Å². The third-order valence-corrected chi connectivity index (χ3v) is 3.79. The van der Waals surface area contributed by atoms with Crippen LogP contribution in [0.3, 0.4) is 0 Å². The fourth-order valence-electron chi connectivity index (χ4n) is 2.74. The Hall–Kier alpha value is -2.07. The van der Waals surface area contributed by atoms with Crippen molar-refractivity contribution in [3.63, 3.8) is 0 Å². The third-order valence-electron chi connectivity index (χ3n) is 3.79. The minimum atomic E-state index is -0.145. The molecule has 1 aromatic heterocycles.